The molecule has 0 aromatic heterocycles. The molecule has 1 saturated carbocycles. The van der Waals surface area contributed by atoms with E-state index in [0.717, 1.165) is 30.2 Å². The van der Waals surface area contributed by atoms with Crippen LogP contribution in [-0.2, 0) is 6.42 Å². The Balaban J connectivity index is 2.04. The maximum atomic E-state index is 6.46. The molecule has 0 spiro atoms. The third kappa shape index (κ3) is 2.78. The van der Waals surface area contributed by atoms with Crippen molar-refractivity contribution in [2.75, 3.05) is 0 Å². The van der Waals surface area contributed by atoms with Crippen molar-refractivity contribution in [2.45, 2.75) is 44.6 Å². The van der Waals surface area contributed by atoms with Crippen molar-refractivity contribution in [1.29, 1.82) is 0 Å². The molecule has 1 aliphatic carbocycles. The molecule has 0 aliphatic heterocycles. The van der Waals surface area contributed by atoms with Gasteiger partial charge < -0.3 is 5.73 Å². The van der Waals surface area contributed by atoms with Gasteiger partial charge >= 0.3 is 0 Å². The average molecular weight is 238 g/mol. The second-order valence-corrected chi connectivity index (χ2v) is 5.62. The first-order valence-electron chi connectivity index (χ1n) is 6.15. The molecule has 1 aliphatic rings. The Bertz CT molecular complexity index is 364. The Kier molecular flexibility index (Phi) is 3.56. The fourth-order valence-corrected chi connectivity index (χ4v) is 3.05. The monoisotopic (exact) mass is 237 g/mol. The van der Waals surface area contributed by atoms with Crippen molar-refractivity contribution in [3.63, 3.8) is 0 Å². The largest absolute Gasteiger partial charge is 0.325 e. The van der Waals surface area contributed by atoms with Gasteiger partial charge in [-0.25, -0.2) is 0 Å². The highest BCUT2D eigenvalue weighted by atomic mass is 35.5. The standard InChI is InChI=1S/C14H20ClN/c1-2-11-6-7-14(16,9-11)10-12-4-3-5-13(15)8-12/h3-5,8,11H,2,6-7,9-10,16H2,1H3. The summed E-state index contributed by atoms with van der Waals surface area (Å²) in [5.41, 5.74) is 7.74. The topological polar surface area (TPSA) is 26.0 Å². The van der Waals surface area contributed by atoms with Gasteiger partial charge in [-0.15, -0.1) is 0 Å². The molecule has 16 heavy (non-hydrogen) atoms. The summed E-state index contributed by atoms with van der Waals surface area (Å²) in [5, 5.41) is 0.811. The molecular weight excluding hydrogens is 218 g/mol. The van der Waals surface area contributed by atoms with E-state index in [1.807, 2.05) is 18.2 Å². The third-order valence-corrected chi connectivity index (χ3v) is 4.00. The van der Waals surface area contributed by atoms with E-state index in [2.05, 4.69) is 13.0 Å². The van der Waals surface area contributed by atoms with Gasteiger partial charge in [-0.3, -0.25) is 0 Å². The normalized spacial score (nSPS) is 29.6. The average Bonchev–Trinajstić information content (AvgIpc) is 2.60. The highest BCUT2D eigenvalue weighted by Crippen LogP contribution is 2.36. The Morgan fingerprint density at radius 1 is 1.50 bits per heavy atom. The van der Waals surface area contributed by atoms with Gasteiger partial charge in [0.25, 0.3) is 0 Å². The van der Waals surface area contributed by atoms with Gasteiger partial charge in [0.2, 0.25) is 0 Å². The first kappa shape index (κ1) is 11.9. The minimum Gasteiger partial charge on any atom is -0.325 e. The molecule has 0 bridgehead atoms. The zero-order chi connectivity index (χ0) is 11.6. The number of hydrogen-bond donors (Lipinski definition) is 1. The summed E-state index contributed by atoms with van der Waals surface area (Å²) in [6.07, 6.45) is 5.82. The van der Waals surface area contributed by atoms with Gasteiger partial charge in [0.15, 0.2) is 0 Å². The molecule has 0 radical (unpaired) electrons. The molecule has 0 saturated heterocycles. The Hall–Kier alpha value is -0.530. The summed E-state index contributed by atoms with van der Waals surface area (Å²) in [7, 11) is 0. The van der Waals surface area contributed by atoms with Gasteiger partial charge in [-0.05, 0) is 49.3 Å². The van der Waals surface area contributed by atoms with E-state index in [1.165, 1.54) is 18.4 Å². The highest BCUT2D eigenvalue weighted by molar-refractivity contribution is 6.30. The van der Waals surface area contributed by atoms with Crippen LogP contribution in [0.25, 0.3) is 0 Å². The van der Waals surface area contributed by atoms with Crippen LogP contribution in [0.5, 0.6) is 0 Å². The number of rotatable bonds is 3. The zero-order valence-electron chi connectivity index (χ0n) is 9.88. The molecule has 0 heterocycles. The minimum atomic E-state index is 0.00532. The zero-order valence-corrected chi connectivity index (χ0v) is 10.6. The summed E-state index contributed by atoms with van der Waals surface area (Å²) in [5.74, 6) is 0.823. The first-order valence-corrected chi connectivity index (χ1v) is 6.52. The molecule has 1 aromatic carbocycles. The predicted octanol–water partition coefficient (Wildman–Crippen LogP) is 3.79. The van der Waals surface area contributed by atoms with Crippen LogP contribution in [-0.4, -0.2) is 5.54 Å². The Morgan fingerprint density at radius 3 is 2.94 bits per heavy atom. The number of halogens is 1. The van der Waals surface area contributed by atoms with Crippen LogP contribution >= 0.6 is 11.6 Å². The molecule has 2 heteroatoms. The van der Waals surface area contributed by atoms with Crippen LogP contribution in [0.4, 0.5) is 0 Å². The van der Waals surface area contributed by atoms with Crippen LogP contribution in [0.3, 0.4) is 0 Å². The predicted molar refractivity (Wildman–Crippen MR) is 69.7 cm³/mol. The molecule has 2 unspecified atom stereocenters. The second kappa shape index (κ2) is 4.77. The van der Waals surface area contributed by atoms with Crippen LogP contribution < -0.4 is 5.73 Å². The Labute approximate surface area is 103 Å². The van der Waals surface area contributed by atoms with Crippen LogP contribution in [0.2, 0.25) is 5.02 Å². The van der Waals surface area contributed by atoms with Gasteiger partial charge in [0, 0.05) is 10.6 Å². The molecule has 1 fully saturated rings. The number of benzene rings is 1. The quantitative estimate of drug-likeness (QED) is 0.851. The van der Waals surface area contributed by atoms with Crippen molar-refractivity contribution in [1.82, 2.24) is 0 Å². The van der Waals surface area contributed by atoms with Crippen LogP contribution in [0.1, 0.15) is 38.2 Å². The third-order valence-electron chi connectivity index (χ3n) is 3.77. The van der Waals surface area contributed by atoms with E-state index in [-0.39, 0.29) is 5.54 Å². The lowest BCUT2D eigenvalue weighted by Gasteiger charge is -2.24. The van der Waals surface area contributed by atoms with Crippen molar-refractivity contribution in [3.05, 3.63) is 34.9 Å². The summed E-state index contributed by atoms with van der Waals surface area (Å²) in [4.78, 5) is 0. The molecule has 2 atom stereocenters. The lowest BCUT2D eigenvalue weighted by molar-refractivity contribution is 0.407. The van der Waals surface area contributed by atoms with Crippen molar-refractivity contribution in [2.24, 2.45) is 11.7 Å². The van der Waals surface area contributed by atoms with E-state index in [9.17, 15) is 0 Å². The van der Waals surface area contributed by atoms with Crippen molar-refractivity contribution in [3.8, 4) is 0 Å². The highest BCUT2D eigenvalue weighted by Gasteiger charge is 2.34. The van der Waals surface area contributed by atoms with E-state index in [1.54, 1.807) is 0 Å². The maximum absolute atomic E-state index is 6.46. The van der Waals surface area contributed by atoms with E-state index in [4.69, 9.17) is 17.3 Å². The summed E-state index contributed by atoms with van der Waals surface area (Å²) in [6.45, 7) is 2.26. The van der Waals surface area contributed by atoms with E-state index >= 15 is 0 Å². The molecule has 0 amide bonds. The molecule has 1 nitrogen and oxygen atoms in total. The fraction of sp³-hybridized carbons (Fsp3) is 0.571. The first-order chi connectivity index (χ1) is 7.61. The molecule has 2 N–H and O–H groups in total. The molecule has 2 rings (SSSR count). The van der Waals surface area contributed by atoms with Gasteiger partial charge in [0.1, 0.15) is 0 Å². The molecular formula is C14H20ClN. The molecule has 88 valence electrons. The lowest BCUT2D eigenvalue weighted by atomic mass is 9.89. The smallest absolute Gasteiger partial charge is 0.0408 e. The molecule has 1 aromatic rings. The second-order valence-electron chi connectivity index (χ2n) is 5.19. The van der Waals surface area contributed by atoms with E-state index < -0.39 is 0 Å². The minimum absolute atomic E-state index is 0.00532. The SMILES string of the molecule is CCC1CCC(N)(Cc2cccc(Cl)c2)C1. The summed E-state index contributed by atoms with van der Waals surface area (Å²) >= 11 is 5.99. The number of nitrogens with two attached hydrogens (primary N) is 1. The van der Waals surface area contributed by atoms with Crippen LogP contribution in [0.15, 0.2) is 24.3 Å². The fourth-order valence-electron chi connectivity index (χ4n) is 2.83. The summed E-state index contributed by atoms with van der Waals surface area (Å²) < 4.78 is 0. The van der Waals surface area contributed by atoms with Crippen molar-refractivity contribution < 1.29 is 0 Å². The maximum Gasteiger partial charge on any atom is 0.0408 e. The summed E-state index contributed by atoms with van der Waals surface area (Å²) in [6, 6.07) is 8.08. The van der Waals surface area contributed by atoms with Gasteiger partial charge in [-0.2, -0.15) is 0 Å². The van der Waals surface area contributed by atoms with Gasteiger partial charge in [0.05, 0.1) is 0 Å². The van der Waals surface area contributed by atoms with Gasteiger partial charge in [-0.1, -0.05) is 37.1 Å². The Morgan fingerprint density at radius 2 is 2.31 bits per heavy atom. The van der Waals surface area contributed by atoms with Crippen LogP contribution in [0, 0.1) is 5.92 Å². The lowest BCUT2D eigenvalue weighted by Crippen LogP contribution is -2.39. The number of hydrogen-bond acceptors (Lipinski definition) is 1. The van der Waals surface area contributed by atoms with Crippen molar-refractivity contribution >= 4 is 11.6 Å². The van der Waals surface area contributed by atoms with E-state index in [0.29, 0.717) is 0 Å².